The van der Waals surface area contributed by atoms with Crippen LogP contribution in [0.5, 0.6) is 0 Å². The van der Waals surface area contributed by atoms with E-state index in [1.165, 1.54) is 6.92 Å². The van der Waals surface area contributed by atoms with Gasteiger partial charge in [-0.3, -0.25) is 4.79 Å². The molecule has 0 spiro atoms. The van der Waals surface area contributed by atoms with Gasteiger partial charge in [0.1, 0.15) is 6.10 Å². The smallest absolute Gasteiger partial charge is 0.302 e. The first-order valence-electron chi connectivity index (χ1n) is 4.12. The molecule has 0 aromatic heterocycles. The molecule has 0 aromatic rings. The van der Waals surface area contributed by atoms with Crippen molar-refractivity contribution in [2.75, 3.05) is 6.61 Å². The summed E-state index contributed by atoms with van der Waals surface area (Å²) >= 11 is 0. The molecule has 0 fully saturated rings. The fourth-order valence-corrected chi connectivity index (χ4v) is 0.685. The Hall–Kier alpha value is -0.570. The second-order valence-corrected chi connectivity index (χ2v) is 3.84. The molecule has 0 bridgehead atoms. The molecule has 3 nitrogen and oxygen atoms in total. The van der Waals surface area contributed by atoms with Crippen LogP contribution in [0.1, 0.15) is 34.6 Å². The molecule has 12 heavy (non-hydrogen) atoms. The molecule has 0 heterocycles. The maximum Gasteiger partial charge on any atom is 0.302 e. The highest BCUT2D eigenvalue weighted by atomic mass is 16.6. The average Bonchev–Trinajstić information content (AvgIpc) is 1.80. The number of esters is 1. The topological polar surface area (TPSA) is 35.5 Å². The number of carbonyl (C=O) groups excluding carboxylic acids is 1. The van der Waals surface area contributed by atoms with E-state index in [0.717, 1.165) is 0 Å². The maximum atomic E-state index is 10.5. The summed E-state index contributed by atoms with van der Waals surface area (Å²) < 4.78 is 10.3. The van der Waals surface area contributed by atoms with Crippen LogP contribution >= 0.6 is 0 Å². The first-order valence-corrected chi connectivity index (χ1v) is 4.12. The second-order valence-electron chi connectivity index (χ2n) is 3.84. The lowest BCUT2D eigenvalue weighted by Crippen LogP contribution is -2.27. The van der Waals surface area contributed by atoms with Gasteiger partial charge >= 0.3 is 5.97 Å². The summed E-state index contributed by atoms with van der Waals surface area (Å²) in [5.74, 6) is -0.264. The predicted octanol–water partition coefficient (Wildman–Crippen LogP) is 1.75. The van der Waals surface area contributed by atoms with E-state index in [1.54, 1.807) is 0 Å². The van der Waals surface area contributed by atoms with Crippen LogP contribution in [-0.2, 0) is 14.3 Å². The molecule has 0 aliphatic rings. The van der Waals surface area contributed by atoms with Crippen LogP contribution < -0.4 is 0 Å². The summed E-state index contributed by atoms with van der Waals surface area (Å²) in [7, 11) is 0. The summed E-state index contributed by atoms with van der Waals surface area (Å²) in [5, 5.41) is 0. The van der Waals surface area contributed by atoms with Gasteiger partial charge in [0.05, 0.1) is 12.2 Å². The Labute approximate surface area is 74.0 Å². The van der Waals surface area contributed by atoms with E-state index in [9.17, 15) is 4.79 Å². The van der Waals surface area contributed by atoms with E-state index in [0.29, 0.717) is 6.61 Å². The van der Waals surface area contributed by atoms with Gasteiger partial charge in [0.2, 0.25) is 0 Å². The third-order valence-corrected chi connectivity index (χ3v) is 1.12. The van der Waals surface area contributed by atoms with Crippen molar-refractivity contribution < 1.29 is 14.3 Å². The molecule has 0 amide bonds. The summed E-state index contributed by atoms with van der Waals surface area (Å²) in [6.45, 7) is 9.55. The molecule has 0 aromatic carbocycles. The fraction of sp³-hybridized carbons (Fsp3) is 0.889. The molecule has 72 valence electrons. The largest absolute Gasteiger partial charge is 0.460 e. The van der Waals surface area contributed by atoms with Crippen molar-refractivity contribution in [3.05, 3.63) is 0 Å². The molecule has 0 aliphatic heterocycles. The molecule has 0 saturated heterocycles. The zero-order chi connectivity index (χ0) is 9.78. The van der Waals surface area contributed by atoms with Crippen molar-refractivity contribution in [2.45, 2.75) is 46.3 Å². The van der Waals surface area contributed by atoms with Crippen molar-refractivity contribution in [1.82, 2.24) is 0 Å². The molecular weight excluding hydrogens is 156 g/mol. The maximum absolute atomic E-state index is 10.5. The highest BCUT2D eigenvalue weighted by molar-refractivity contribution is 5.66. The van der Waals surface area contributed by atoms with E-state index in [1.807, 2.05) is 27.7 Å². The highest BCUT2D eigenvalue weighted by Gasteiger charge is 2.13. The SMILES string of the molecule is CC(=O)O[C@H](C)COC(C)(C)C. The lowest BCUT2D eigenvalue weighted by atomic mass is 10.2. The highest BCUT2D eigenvalue weighted by Crippen LogP contribution is 2.07. The van der Waals surface area contributed by atoms with Gasteiger partial charge in [-0.15, -0.1) is 0 Å². The lowest BCUT2D eigenvalue weighted by molar-refractivity contribution is -0.151. The average molecular weight is 174 g/mol. The molecule has 0 N–H and O–H groups in total. The normalized spacial score (nSPS) is 14.1. The lowest BCUT2D eigenvalue weighted by Gasteiger charge is -2.22. The number of carbonyl (C=O) groups is 1. The molecular formula is C9H18O3. The van der Waals surface area contributed by atoms with Crippen LogP contribution in [0.3, 0.4) is 0 Å². The molecule has 0 rings (SSSR count). The van der Waals surface area contributed by atoms with Gasteiger partial charge in [-0.1, -0.05) is 0 Å². The number of hydrogen-bond donors (Lipinski definition) is 0. The van der Waals surface area contributed by atoms with Crippen LogP contribution in [0, 0.1) is 0 Å². The van der Waals surface area contributed by atoms with Gasteiger partial charge in [-0.2, -0.15) is 0 Å². The number of rotatable bonds is 3. The number of ether oxygens (including phenoxy) is 2. The minimum Gasteiger partial charge on any atom is -0.460 e. The van der Waals surface area contributed by atoms with Crippen LogP contribution in [-0.4, -0.2) is 24.3 Å². The Bertz CT molecular complexity index is 146. The van der Waals surface area contributed by atoms with Crippen molar-refractivity contribution in [3.8, 4) is 0 Å². The Morgan fingerprint density at radius 2 is 1.92 bits per heavy atom. The van der Waals surface area contributed by atoms with Gasteiger partial charge in [-0.25, -0.2) is 0 Å². The van der Waals surface area contributed by atoms with E-state index >= 15 is 0 Å². The second kappa shape index (κ2) is 4.45. The minimum absolute atomic E-state index is 0.165. The number of hydrogen-bond acceptors (Lipinski definition) is 3. The zero-order valence-electron chi connectivity index (χ0n) is 8.51. The van der Waals surface area contributed by atoms with Crippen molar-refractivity contribution in [2.24, 2.45) is 0 Å². The third kappa shape index (κ3) is 7.54. The Morgan fingerprint density at radius 1 is 1.42 bits per heavy atom. The van der Waals surface area contributed by atoms with Gasteiger partial charge in [0.25, 0.3) is 0 Å². The molecule has 0 aliphatic carbocycles. The van der Waals surface area contributed by atoms with Crippen LogP contribution in [0.25, 0.3) is 0 Å². The fourth-order valence-electron chi connectivity index (χ4n) is 0.685. The van der Waals surface area contributed by atoms with E-state index in [2.05, 4.69) is 0 Å². The van der Waals surface area contributed by atoms with Gasteiger partial charge in [0, 0.05) is 6.92 Å². The first kappa shape index (κ1) is 11.4. The Morgan fingerprint density at radius 3 is 2.25 bits per heavy atom. The van der Waals surface area contributed by atoms with E-state index in [-0.39, 0.29) is 17.7 Å². The Kier molecular flexibility index (Phi) is 4.24. The summed E-state index contributed by atoms with van der Waals surface area (Å²) in [6, 6.07) is 0. The monoisotopic (exact) mass is 174 g/mol. The van der Waals surface area contributed by atoms with Gasteiger partial charge in [-0.05, 0) is 27.7 Å². The van der Waals surface area contributed by atoms with Crippen LogP contribution in [0.2, 0.25) is 0 Å². The van der Waals surface area contributed by atoms with Crippen molar-refractivity contribution in [3.63, 3.8) is 0 Å². The first-order chi connectivity index (χ1) is 5.31. The van der Waals surface area contributed by atoms with Gasteiger partial charge < -0.3 is 9.47 Å². The van der Waals surface area contributed by atoms with Gasteiger partial charge in [0.15, 0.2) is 0 Å². The summed E-state index contributed by atoms with van der Waals surface area (Å²) in [6.07, 6.45) is -0.165. The summed E-state index contributed by atoms with van der Waals surface area (Å²) in [5.41, 5.74) is -0.172. The quantitative estimate of drug-likeness (QED) is 0.611. The van der Waals surface area contributed by atoms with Crippen LogP contribution in [0.4, 0.5) is 0 Å². The molecule has 0 unspecified atom stereocenters. The zero-order valence-corrected chi connectivity index (χ0v) is 8.51. The molecule has 1 atom stereocenters. The van der Waals surface area contributed by atoms with Crippen molar-refractivity contribution >= 4 is 5.97 Å². The minimum atomic E-state index is -0.264. The molecule has 0 radical (unpaired) electrons. The molecule has 0 saturated carbocycles. The summed E-state index contributed by atoms with van der Waals surface area (Å²) in [4.78, 5) is 10.5. The van der Waals surface area contributed by atoms with E-state index < -0.39 is 0 Å². The van der Waals surface area contributed by atoms with Crippen LogP contribution in [0.15, 0.2) is 0 Å². The van der Waals surface area contributed by atoms with Crippen molar-refractivity contribution in [1.29, 1.82) is 0 Å². The third-order valence-electron chi connectivity index (χ3n) is 1.12. The standard InChI is InChI=1S/C9H18O3/c1-7(12-8(2)10)6-11-9(3,4)5/h7H,6H2,1-5H3/t7-/m1/s1. The predicted molar refractivity (Wildman–Crippen MR) is 46.9 cm³/mol. The van der Waals surface area contributed by atoms with E-state index in [4.69, 9.17) is 9.47 Å². The Balaban J connectivity index is 3.57. The molecule has 3 heteroatoms.